The number of nitrogens with one attached hydrogen (secondary N) is 1. The minimum absolute atomic E-state index is 0. The number of carbonyl (C=O) groups excluding carboxylic acids is 2. The van der Waals surface area contributed by atoms with E-state index < -0.39 is 0 Å². The largest absolute Gasteiger partial charge is 0.469 e. The molecule has 1 fully saturated rings. The molecule has 2 aromatic rings. The summed E-state index contributed by atoms with van der Waals surface area (Å²) in [5.74, 6) is -0.408. The van der Waals surface area contributed by atoms with Crippen LogP contribution in [0.3, 0.4) is 0 Å². The monoisotopic (exact) mass is 507 g/mol. The number of rotatable bonds is 11. The molecule has 1 N–H and O–H groups in total. The molecule has 194 valence electrons. The van der Waals surface area contributed by atoms with Crippen LogP contribution in [0.15, 0.2) is 30.3 Å². The second kappa shape index (κ2) is 14.2. The molecular formula is C25H38ClN5O4. The van der Waals surface area contributed by atoms with E-state index in [-0.39, 0.29) is 42.2 Å². The minimum atomic E-state index is -0.278. The molecule has 1 amide bonds. The third kappa shape index (κ3) is 7.49. The van der Waals surface area contributed by atoms with E-state index in [1.165, 1.54) is 7.11 Å². The lowest BCUT2D eigenvalue weighted by atomic mass is 9.93. The number of nitrogens with zero attached hydrogens (tertiary/aromatic N) is 4. The normalized spacial score (nSPS) is 17.6. The number of para-hydroxylation sites is 1. The van der Waals surface area contributed by atoms with Crippen molar-refractivity contribution in [3.8, 4) is 5.69 Å². The molecule has 0 unspecified atom stereocenters. The predicted octanol–water partition coefficient (Wildman–Crippen LogP) is 2.91. The predicted molar refractivity (Wildman–Crippen MR) is 136 cm³/mol. The molecule has 1 aromatic carbocycles. The maximum Gasteiger partial charge on any atom is 0.310 e. The van der Waals surface area contributed by atoms with Crippen LogP contribution < -0.4 is 5.32 Å². The Morgan fingerprint density at radius 3 is 2.57 bits per heavy atom. The Hall–Kier alpha value is -2.49. The lowest BCUT2D eigenvalue weighted by molar-refractivity contribution is -0.146. The Bertz CT molecular complexity index is 937. The zero-order valence-electron chi connectivity index (χ0n) is 21.1. The first kappa shape index (κ1) is 28.7. The van der Waals surface area contributed by atoms with Gasteiger partial charge in [-0.15, -0.1) is 17.5 Å². The van der Waals surface area contributed by atoms with Crippen molar-refractivity contribution in [3.63, 3.8) is 0 Å². The molecule has 3 rings (SSSR count). The summed E-state index contributed by atoms with van der Waals surface area (Å²) in [7, 11) is 3.09. The Labute approximate surface area is 213 Å². The van der Waals surface area contributed by atoms with Gasteiger partial charge in [-0.1, -0.05) is 37.3 Å². The smallest absolute Gasteiger partial charge is 0.310 e. The molecule has 0 radical (unpaired) electrons. The summed E-state index contributed by atoms with van der Waals surface area (Å²) in [6, 6.07) is 9.62. The van der Waals surface area contributed by atoms with E-state index in [1.807, 2.05) is 35.2 Å². The van der Waals surface area contributed by atoms with Gasteiger partial charge in [0.1, 0.15) is 0 Å². The van der Waals surface area contributed by atoms with Gasteiger partial charge in [0.15, 0.2) is 5.69 Å². The van der Waals surface area contributed by atoms with E-state index in [9.17, 15) is 9.59 Å². The third-order valence-corrected chi connectivity index (χ3v) is 6.10. The van der Waals surface area contributed by atoms with E-state index in [4.69, 9.17) is 9.47 Å². The molecule has 10 heteroatoms. The van der Waals surface area contributed by atoms with E-state index in [0.717, 1.165) is 24.2 Å². The van der Waals surface area contributed by atoms with Gasteiger partial charge in [-0.25, -0.2) is 4.68 Å². The Morgan fingerprint density at radius 2 is 1.91 bits per heavy atom. The SMILES string of the molecule is COCCCCc1c(C(=O)N(CC(C)C)[C@@H]2CNC[C@H](C(=O)OC)C2)nnn1-c1ccccc1.Cl. The van der Waals surface area contributed by atoms with Crippen LogP contribution in [-0.2, 0) is 20.7 Å². The number of piperidine rings is 1. The van der Waals surface area contributed by atoms with Crippen LogP contribution in [0.5, 0.6) is 0 Å². The number of unbranched alkanes of at least 4 members (excludes halogenated alkanes) is 1. The first-order valence-electron chi connectivity index (χ1n) is 12.0. The third-order valence-electron chi connectivity index (χ3n) is 6.10. The summed E-state index contributed by atoms with van der Waals surface area (Å²) < 4.78 is 11.9. The molecule has 0 bridgehead atoms. The average molecular weight is 508 g/mol. The standard InChI is InChI=1S/C25H37N5O4.ClH/c1-18(2)17-29(21-14-19(15-26-16-21)25(32)34-4)24(31)23-22(12-8-9-13-33-3)30(28-27-23)20-10-6-5-7-11-20;/h5-7,10-11,18-19,21,26H,8-9,12-17H2,1-4H3;1H/t19-,21+;/m1./s1. The van der Waals surface area contributed by atoms with Crippen molar-refractivity contribution in [3.05, 3.63) is 41.7 Å². The molecule has 1 aliphatic heterocycles. The first-order chi connectivity index (χ1) is 16.5. The van der Waals surface area contributed by atoms with E-state index in [1.54, 1.807) is 11.8 Å². The molecule has 2 heterocycles. The van der Waals surface area contributed by atoms with Crippen LogP contribution in [0.1, 0.15) is 49.3 Å². The minimum Gasteiger partial charge on any atom is -0.469 e. The molecule has 0 saturated carbocycles. The van der Waals surface area contributed by atoms with Gasteiger partial charge in [0.2, 0.25) is 0 Å². The first-order valence-corrected chi connectivity index (χ1v) is 12.0. The van der Waals surface area contributed by atoms with Crippen molar-refractivity contribution in [2.45, 2.75) is 45.6 Å². The molecule has 0 spiro atoms. The molecule has 1 aliphatic rings. The highest BCUT2D eigenvalue weighted by atomic mass is 35.5. The van der Waals surface area contributed by atoms with Crippen LogP contribution >= 0.6 is 12.4 Å². The van der Waals surface area contributed by atoms with Crippen molar-refractivity contribution in [1.29, 1.82) is 0 Å². The van der Waals surface area contributed by atoms with Crippen LogP contribution in [0, 0.1) is 11.8 Å². The molecular weight excluding hydrogens is 470 g/mol. The van der Waals surface area contributed by atoms with Gasteiger partial charge in [-0.05, 0) is 43.7 Å². The Morgan fingerprint density at radius 1 is 1.17 bits per heavy atom. The Kier molecular flexibility index (Phi) is 11.6. The number of ether oxygens (including phenoxy) is 2. The summed E-state index contributed by atoms with van der Waals surface area (Å²) in [5, 5.41) is 12.0. The average Bonchev–Trinajstić information content (AvgIpc) is 3.28. The molecule has 1 aromatic heterocycles. The number of benzene rings is 1. The fourth-order valence-electron chi connectivity index (χ4n) is 4.44. The zero-order chi connectivity index (χ0) is 24.5. The highest BCUT2D eigenvalue weighted by molar-refractivity contribution is 5.93. The van der Waals surface area contributed by atoms with Crippen molar-refractivity contribution in [2.75, 3.05) is 40.5 Å². The van der Waals surface area contributed by atoms with E-state index in [2.05, 4.69) is 29.5 Å². The van der Waals surface area contributed by atoms with E-state index >= 15 is 0 Å². The van der Waals surface area contributed by atoms with Crippen LogP contribution in [-0.4, -0.2) is 78.3 Å². The van der Waals surface area contributed by atoms with Crippen LogP contribution in [0.4, 0.5) is 0 Å². The molecule has 0 aliphatic carbocycles. The number of esters is 1. The Balaban J connectivity index is 0.00000432. The lowest BCUT2D eigenvalue weighted by Gasteiger charge is -2.37. The number of carbonyl (C=O) groups is 2. The molecule has 2 atom stereocenters. The number of hydrogen-bond donors (Lipinski definition) is 1. The second-order valence-electron chi connectivity index (χ2n) is 9.20. The fraction of sp³-hybridized carbons (Fsp3) is 0.600. The summed E-state index contributed by atoms with van der Waals surface area (Å²) in [5.41, 5.74) is 2.05. The van der Waals surface area contributed by atoms with Crippen molar-refractivity contribution in [1.82, 2.24) is 25.2 Å². The fourth-order valence-corrected chi connectivity index (χ4v) is 4.44. The molecule has 1 saturated heterocycles. The van der Waals surface area contributed by atoms with Crippen LogP contribution in [0.2, 0.25) is 0 Å². The summed E-state index contributed by atoms with van der Waals surface area (Å²) in [4.78, 5) is 28.0. The summed E-state index contributed by atoms with van der Waals surface area (Å²) in [6.07, 6.45) is 2.96. The molecule has 9 nitrogen and oxygen atoms in total. The number of methoxy groups -OCH3 is 2. The maximum absolute atomic E-state index is 13.9. The highest BCUT2D eigenvalue weighted by Crippen LogP contribution is 2.23. The second-order valence-corrected chi connectivity index (χ2v) is 9.20. The number of amides is 1. The van der Waals surface area contributed by atoms with Gasteiger partial charge in [0, 0.05) is 39.4 Å². The van der Waals surface area contributed by atoms with Gasteiger partial charge >= 0.3 is 5.97 Å². The van der Waals surface area contributed by atoms with Gasteiger partial charge in [-0.3, -0.25) is 9.59 Å². The van der Waals surface area contributed by atoms with Gasteiger partial charge in [-0.2, -0.15) is 0 Å². The zero-order valence-corrected chi connectivity index (χ0v) is 21.9. The topological polar surface area (TPSA) is 98.6 Å². The summed E-state index contributed by atoms with van der Waals surface area (Å²) >= 11 is 0. The van der Waals surface area contributed by atoms with Gasteiger partial charge < -0.3 is 19.7 Å². The van der Waals surface area contributed by atoms with Gasteiger partial charge in [0.05, 0.1) is 24.4 Å². The van der Waals surface area contributed by atoms with Crippen molar-refractivity contribution < 1.29 is 19.1 Å². The summed E-state index contributed by atoms with van der Waals surface area (Å²) in [6.45, 7) is 6.59. The van der Waals surface area contributed by atoms with E-state index in [0.29, 0.717) is 44.8 Å². The molecule has 35 heavy (non-hydrogen) atoms. The number of halogens is 1. The number of aromatic nitrogens is 3. The van der Waals surface area contributed by atoms with Crippen LogP contribution in [0.25, 0.3) is 5.69 Å². The van der Waals surface area contributed by atoms with Crippen molar-refractivity contribution >= 4 is 24.3 Å². The quantitative estimate of drug-likeness (QED) is 0.369. The van der Waals surface area contributed by atoms with Gasteiger partial charge in [0.25, 0.3) is 5.91 Å². The number of hydrogen-bond acceptors (Lipinski definition) is 7. The van der Waals surface area contributed by atoms with Crippen molar-refractivity contribution in [2.24, 2.45) is 11.8 Å². The highest BCUT2D eigenvalue weighted by Gasteiger charge is 2.35. The maximum atomic E-state index is 13.9. The lowest BCUT2D eigenvalue weighted by Crippen LogP contribution is -2.53.